The Bertz CT molecular complexity index is 518. The van der Waals surface area contributed by atoms with Crippen LogP contribution in [0.15, 0.2) is 42.5 Å². The smallest absolute Gasteiger partial charge is 0.118 e. The molecule has 0 fully saturated rings. The minimum Gasteiger partial charge on any atom is -0.497 e. The number of aliphatic hydroxyl groups is 1. The van der Waals surface area contributed by atoms with E-state index in [9.17, 15) is 5.11 Å². The third-order valence-corrected chi connectivity index (χ3v) is 3.07. The summed E-state index contributed by atoms with van der Waals surface area (Å²) in [6.45, 7) is 0. The Balaban J connectivity index is 2.31. The van der Waals surface area contributed by atoms with Crippen molar-refractivity contribution in [2.75, 3.05) is 7.11 Å². The van der Waals surface area contributed by atoms with Gasteiger partial charge in [0.25, 0.3) is 0 Å². The molecule has 0 saturated heterocycles. The molecule has 0 aliphatic heterocycles. The highest BCUT2D eigenvalue weighted by molar-refractivity contribution is 6.34. The van der Waals surface area contributed by atoms with E-state index in [0.717, 1.165) is 11.3 Å². The van der Waals surface area contributed by atoms with Crippen LogP contribution in [0.2, 0.25) is 10.0 Å². The summed E-state index contributed by atoms with van der Waals surface area (Å²) in [5.74, 6) is 0.745. The third kappa shape index (κ3) is 2.96. The van der Waals surface area contributed by atoms with Gasteiger partial charge < -0.3 is 9.84 Å². The summed E-state index contributed by atoms with van der Waals surface area (Å²) in [7, 11) is 1.60. The van der Waals surface area contributed by atoms with Crippen molar-refractivity contribution in [3.63, 3.8) is 0 Å². The van der Waals surface area contributed by atoms with Gasteiger partial charge in [-0.25, -0.2) is 0 Å². The Hall–Kier alpha value is -1.22. The van der Waals surface area contributed by atoms with Gasteiger partial charge in [0, 0.05) is 10.0 Å². The van der Waals surface area contributed by atoms with E-state index in [2.05, 4.69) is 0 Å². The Kier molecular flexibility index (Phi) is 4.12. The lowest BCUT2D eigenvalue weighted by Crippen LogP contribution is -1.99. The fraction of sp³-hybridized carbons (Fsp3) is 0.143. The summed E-state index contributed by atoms with van der Waals surface area (Å²) in [5.41, 5.74) is 1.42. The lowest BCUT2D eigenvalue weighted by molar-refractivity contribution is 0.220. The number of methoxy groups -OCH3 is 1. The van der Waals surface area contributed by atoms with Crippen molar-refractivity contribution in [3.05, 3.63) is 63.6 Å². The van der Waals surface area contributed by atoms with Gasteiger partial charge in [-0.05, 0) is 41.5 Å². The number of hydrogen-bond acceptors (Lipinski definition) is 2. The van der Waals surface area contributed by atoms with Crippen LogP contribution < -0.4 is 4.74 Å². The number of hydrogen-bond donors (Lipinski definition) is 1. The standard InChI is InChI=1S/C14H12Cl2O2/c1-18-13-4-2-9(3-5-13)14(17)10-6-11(15)8-12(16)7-10/h2-8,14,17H,1H3. The normalized spacial score (nSPS) is 12.2. The largest absolute Gasteiger partial charge is 0.497 e. The summed E-state index contributed by atoms with van der Waals surface area (Å²) in [6.07, 6.45) is -0.757. The third-order valence-electron chi connectivity index (χ3n) is 2.63. The fourth-order valence-corrected chi connectivity index (χ4v) is 2.25. The molecule has 0 saturated carbocycles. The zero-order valence-electron chi connectivity index (χ0n) is 9.73. The molecule has 18 heavy (non-hydrogen) atoms. The number of ether oxygens (including phenoxy) is 1. The van der Waals surface area contributed by atoms with Crippen LogP contribution in [-0.4, -0.2) is 12.2 Å². The van der Waals surface area contributed by atoms with E-state index in [4.69, 9.17) is 27.9 Å². The summed E-state index contributed by atoms with van der Waals surface area (Å²) in [5, 5.41) is 11.3. The molecule has 2 aromatic carbocycles. The minimum absolute atomic E-state index is 0.505. The van der Waals surface area contributed by atoms with Gasteiger partial charge in [-0.15, -0.1) is 0 Å². The topological polar surface area (TPSA) is 29.5 Å². The number of aliphatic hydroxyl groups excluding tert-OH is 1. The quantitative estimate of drug-likeness (QED) is 0.919. The van der Waals surface area contributed by atoms with Crippen molar-refractivity contribution in [2.45, 2.75) is 6.10 Å². The maximum absolute atomic E-state index is 10.2. The van der Waals surface area contributed by atoms with Gasteiger partial charge in [-0.1, -0.05) is 35.3 Å². The van der Waals surface area contributed by atoms with E-state index in [1.807, 2.05) is 0 Å². The van der Waals surface area contributed by atoms with E-state index in [0.29, 0.717) is 15.6 Å². The zero-order chi connectivity index (χ0) is 13.1. The maximum atomic E-state index is 10.2. The van der Waals surface area contributed by atoms with Crippen LogP contribution >= 0.6 is 23.2 Å². The highest BCUT2D eigenvalue weighted by Crippen LogP contribution is 2.28. The van der Waals surface area contributed by atoms with Crippen LogP contribution in [0.4, 0.5) is 0 Å². The number of rotatable bonds is 3. The summed E-state index contributed by atoms with van der Waals surface area (Å²) in [6, 6.07) is 12.2. The predicted molar refractivity (Wildman–Crippen MR) is 73.5 cm³/mol. The van der Waals surface area contributed by atoms with Gasteiger partial charge in [-0.3, -0.25) is 0 Å². The van der Waals surface area contributed by atoms with Gasteiger partial charge in [0.2, 0.25) is 0 Å². The van der Waals surface area contributed by atoms with Crippen molar-refractivity contribution in [1.82, 2.24) is 0 Å². The summed E-state index contributed by atoms with van der Waals surface area (Å²) in [4.78, 5) is 0. The molecule has 4 heteroatoms. The number of halogens is 2. The molecule has 0 spiro atoms. The molecule has 0 amide bonds. The maximum Gasteiger partial charge on any atom is 0.118 e. The molecule has 0 aliphatic rings. The zero-order valence-corrected chi connectivity index (χ0v) is 11.2. The molecule has 2 rings (SSSR count). The molecule has 1 N–H and O–H groups in total. The Labute approximate surface area is 116 Å². The SMILES string of the molecule is COc1ccc(C(O)c2cc(Cl)cc(Cl)c2)cc1. The Morgan fingerprint density at radius 3 is 2.00 bits per heavy atom. The molecule has 1 unspecified atom stereocenters. The van der Waals surface area contributed by atoms with Crippen LogP contribution in [-0.2, 0) is 0 Å². The van der Waals surface area contributed by atoms with Crippen LogP contribution in [0, 0.1) is 0 Å². The van der Waals surface area contributed by atoms with Gasteiger partial charge >= 0.3 is 0 Å². The number of benzene rings is 2. The molecule has 2 aromatic rings. The second-order valence-corrected chi connectivity index (χ2v) is 4.75. The Morgan fingerprint density at radius 2 is 1.50 bits per heavy atom. The van der Waals surface area contributed by atoms with Crippen LogP contribution in [0.5, 0.6) is 5.75 Å². The van der Waals surface area contributed by atoms with E-state index < -0.39 is 6.10 Å². The molecule has 0 radical (unpaired) electrons. The van der Waals surface area contributed by atoms with Gasteiger partial charge in [-0.2, -0.15) is 0 Å². The van der Waals surface area contributed by atoms with E-state index >= 15 is 0 Å². The molecule has 94 valence electrons. The highest BCUT2D eigenvalue weighted by atomic mass is 35.5. The predicted octanol–water partition coefficient (Wildman–Crippen LogP) is 4.08. The van der Waals surface area contributed by atoms with E-state index in [-0.39, 0.29) is 0 Å². The van der Waals surface area contributed by atoms with Crippen molar-refractivity contribution >= 4 is 23.2 Å². The highest BCUT2D eigenvalue weighted by Gasteiger charge is 2.12. The molecule has 0 aromatic heterocycles. The van der Waals surface area contributed by atoms with Crippen LogP contribution in [0.1, 0.15) is 17.2 Å². The molecule has 0 bridgehead atoms. The first kappa shape index (κ1) is 13.2. The molecule has 0 aliphatic carbocycles. The summed E-state index contributed by atoms with van der Waals surface area (Å²) < 4.78 is 5.07. The first-order valence-electron chi connectivity index (χ1n) is 5.38. The lowest BCUT2D eigenvalue weighted by atomic mass is 10.0. The fourth-order valence-electron chi connectivity index (χ4n) is 1.71. The molecule has 1 atom stereocenters. The van der Waals surface area contributed by atoms with Crippen molar-refractivity contribution < 1.29 is 9.84 Å². The van der Waals surface area contributed by atoms with Gasteiger partial charge in [0.1, 0.15) is 11.9 Å². The first-order chi connectivity index (χ1) is 8.60. The molecular weight excluding hydrogens is 271 g/mol. The second kappa shape index (κ2) is 5.61. The van der Waals surface area contributed by atoms with E-state index in [1.54, 1.807) is 49.6 Å². The van der Waals surface area contributed by atoms with Crippen LogP contribution in [0.3, 0.4) is 0 Å². The average molecular weight is 283 g/mol. The van der Waals surface area contributed by atoms with Crippen LogP contribution in [0.25, 0.3) is 0 Å². The van der Waals surface area contributed by atoms with E-state index in [1.165, 1.54) is 0 Å². The van der Waals surface area contributed by atoms with Crippen molar-refractivity contribution in [2.24, 2.45) is 0 Å². The van der Waals surface area contributed by atoms with Gasteiger partial charge in [0.05, 0.1) is 7.11 Å². The average Bonchev–Trinajstić information content (AvgIpc) is 2.37. The minimum atomic E-state index is -0.757. The first-order valence-corrected chi connectivity index (χ1v) is 6.14. The molecule has 2 nitrogen and oxygen atoms in total. The lowest BCUT2D eigenvalue weighted by Gasteiger charge is -2.13. The molecule has 0 heterocycles. The van der Waals surface area contributed by atoms with Gasteiger partial charge in [0.15, 0.2) is 0 Å². The van der Waals surface area contributed by atoms with Crippen molar-refractivity contribution in [1.29, 1.82) is 0 Å². The Morgan fingerprint density at radius 1 is 0.944 bits per heavy atom. The second-order valence-electron chi connectivity index (χ2n) is 3.88. The molecular formula is C14H12Cl2O2. The summed E-state index contributed by atoms with van der Waals surface area (Å²) >= 11 is 11.8. The van der Waals surface area contributed by atoms with Crippen molar-refractivity contribution in [3.8, 4) is 5.75 Å². The monoisotopic (exact) mass is 282 g/mol.